The Morgan fingerprint density at radius 3 is 1.71 bits per heavy atom. The van der Waals surface area contributed by atoms with Crippen LogP contribution in [0.4, 0.5) is 0 Å². The Morgan fingerprint density at radius 2 is 1.71 bits per heavy atom. The van der Waals surface area contributed by atoms with Gasteiger partial charge in [0.05, 0.1) is 5.17 Å². The van der Waals surface area contributed by atoms with Crippen LogP contribution in [0.2, 0.25) is 0 Å². The van der Waals surface area contributed by atoms with Gasteiger partial charge < -0.3 is 0 Å². The molecule has 0 amide bonds. The molecule has 0 aromatic carbocycles. The smallest absolute Gasteiger partial charge is 0.157 e. The predicted molar refractivity (Wildman–Crippen MR) is 55.1 cm³/mol. The maximum Gasteiger partial charge on any atom is 0.157 e. The normalized spacial score (nSPS) is 7.86. The van der Waals surface area contributed by atoms with Crippen LogP contribution in [-0.4, -0.2) is 6.29 Å². The Labute approximate surface area is 82.7 Å². The Bertz CT molecular complexity index is 103. The zero-order valence-corrected chi connectivity index (χ0v) is 9.59. The van der Waals surface area contributed by atoms with Crippen molar-refractivity contribution >= 4 is 74.1 Å². The van der Waals surface area contributed by atoms with Crippen molar-refractivity contribution in [3.8, 4) is 0 Å². The highest BCUT2D eigenvalue weighted by atomic mass is 127. The number of allylic oxidation sites excluding steroid dienone is 1. The van der Waals surface area contributed by atoms with Gasteiger partial charge in [-0.1, -0.05) is 0 Å². The Morgan fingerprint density at radius 1 is 1.29 bits per heavy atom. The Balaban J connectivity index is 3.98. The molecule has 4 heteroatoms. The van der Waals surface area contributed by atoms with Gasteiger partial charge >= 0.3 is 0 Å². The van der Waals surface area contributed by atoms with E-state index in [1.807, 2.05) is 22.6 Å². The third-order valence-corrected chi connectivity index (χ3v) is 4.30. The summed E-state index contributed by atoms with van der Waals surface area (Å²) in [6.07, 6.45) is 0.842. The summed E-state index contributed by atoms with van der Waals surface area (Å²) in [4.78, 5) is 9.87. The highest BCUT2D eigenvalue weighted by molar-refractivity contribution is 14.2. The van der Waals surface area contributed by atoms with Gasteiger partial charge in [0.25, 0.3) is 0 Å². The van der Waals surface area contributed by atoms with Crippen LogP contribution in [0.3, 0.4) is 0 Å². The molecule has 0 spiro atoms. The fraction of sp³-hybridized carbons (Fsp3) is 0. The van der Waals surface area contributed by atoms with Crippen LogP contribution in [-0.2, 0) is 4.79 Å². The lowest BCUT2D eigenvalue weighted by atomic mass is 10.7. The summed E-state index contributed by atoms with van der Waals surface area (Å²) < 4.78 is 1.80. The molecule has 0 rings (SSSR count). The van der Waals surface area contributed by atoms with E-state index in [-0.39, 0.29) is 0 Å². The van der Waals surface area contributed by atoms with Crippen molar-refractivity contribution in [1.29, 1.82) is 0 Å². The largest absolute Gasteiger partial charge is 0.297 e. The standard InChI is InChI=1S/C3HI3O/c4-2(1-7)3(5)6/h1H. The zero-order valence-electron chi connectivity index (χ0n) is 3.12. The fourth-order valence-electron chi connectivity index (χ4n) is 0.0445. The molecule has 0 saturated heterocycles. The van der Waals surface area contributed by atoms with Crippen LogP contribution in [0.25, 0.3) is 0 Å². The predicted octanol–water partition coefficient (Wildman–Crippen LogP) is 2.66. The molecule has 0 saturated carbocycles. The molecule has 40 valence electrons. The first-order valence-electron chi connectivity index (χ1n) is 1.34. The lowest BCUT2D eigenvalue weighted by Gasteiger charge is -1.80. The second-order valence-corrected chi connectivity index (χ2v) is 6.11. The van der Waals surface area contributed by atoms with Crippen LogP contribution in [0.15, 0.2) is 5.17 Å². The van der Waals surface area contributed by atoms with E-state index in [0.717, 1.165) is 11.5 Å². The minimum absolute atomic E-state index is 0.777. The van der Waals surface area contributed by atoms with Gasteiger partial charge in [0, 0.05) is 0 Å². The first-order chi connectivity index (χ1) is 3.18. The lowest BCUT2D eigenvalue weighted by Crippen LogP contribution is -1.66. The number of carbonyl (C=O) groups excluding carboxylic acids is 1. The van der Waals surface area contributed by atoms with Gasteiger partial charge in [-0.15, -0.1) is 0 Å². The SMILES string of the molecule is O=CC(I)=C(I)I. The summed E-state index contributed by atoms with van der Waals surface area (Å²) in [5.74, 6) is 0. The van der Waals surface area contributed by atoms with Crippen molar-refractivity contribution in [1.82, 2.24) is 0 Å². The first-order valence-corrected chi connectivity index (χ1v) is 4.58. The molecule has 0 aromatic rings. The highest BCUT2D eigenvalue weighted by Crippen LogP contribution is 2.22. The average molecular weight is 434 g/mol. The Hall–Kier alpha value is 1.60. The van der Waals surface area contributed by atoms with Crippen molar-refractivity contribution in [2.75, 3.05) is 0 Å². The van der Waals surface area contributed by atoms with Crippen molar-refractivity contribution in [2.45, 2.75) is 0 Å². The van der Waals surface area contributed by atoms with Gasteiger partial charge in [-0.3, -0.25) is 4.79 Å². The molecule has 0 unspecified atom stereocenters. The number of rotatable bonds is 1. The van der Waals surface area contributed by atoms with Gasteiger partial charge in [-0.25, -0.2) is 0 Å². The monoisotopic (exact) mass is 434 g/mol. The average Bonchev–Trinajstić information content (AvgIpc) is 1.65. The van der Waals surface area contributed by atoms with Crippen molar-refractivity contribution in [3.05, 3.63) is 5.17 Å². The van der Waals surface area contributed by atoms with Crippen LogP contribution >= 0.6 is 67.8 Å². The molecule has 0 radical (unpaired) electrons. The summed E-state index contributed by atoms with van der Waals surface area (Å²) in [6.45, 7) is 0. The van der Waals surface area contributed by atoms with E-state index < -0.39 is 0 Å². The molecular weight excluding hydrogens is 433 g/mol. The molecule has 0 atom stereocenters. The van der Waals surface area contributed by atoms with Crippen molar-refractivity contribution in [3.63, 3.8) is 0 Å². The van der Waals surface area contributed by atoms with E-state index in [1.165, 1.54) is 0 Å². The molecule has 0 aliphatic rings. The van der Waals surface area contributed by atoms with Gasteiger partial charge in [-0.05, 0) is 67.8 Å². The van der Waals surface area contributed by atoms with Crippen molar-refractivity contribution < 1.29 is 4.79 Å². The highest BCUT2D eigenvalue weighted by Gasteiger charge is 1.89. The molecule has 0 aliphatic carbocycles. The molecular formula is C3HI3O. The fourth-order valence-corrected chi connectivity index (χ4v) is 0.299. The molecule has 0 aliphatic heterocycles. The lowest BCUT2D eigenvalue weighted by molar-refractivity contribution is -0.104. The van der Waals surface area contributed by atoms with E-state index in [9.17, 15) is 4.79 Å². The zero-order chi connectivity index (χ0) is 5.86. The topological polar surface area (TPSA) is 17.1 Å². The van der Waals surface area contributed by atoms with Crippen LogP contribution in [0, 0.1) is 0 Å². The molecule has 0 N–H and O–H groups in total. The summed E-state index contributed by atoms with van der Waals surface area (Å²) in [5.41, 5.74) is 0. The third kappa shape index (κ3) is 4.13. The second-order valence-electron chi connectivity index (χ2n) is 0.726. The summed E-state index contributed by atoms with van der Waals surface area (Å²) >= 11 is 6.18. The molecule has 0 bridgehead atoms. The molecule has 1 nitrogen and oxygen atoms in total. The molecule has 0 heterocycles. The minimum atomic E-state index is 0.777. The van der Waals surface area contributed by atoms with E-state index in [1.54, 1.807) is 0 Å². The van der Waals surface area contributed by atoms with E-state index in [4.69, 9.17) is 0 Å². The number of aldehydes is 1. The minimum Gasteiger partial charge on any atom is -0.297 e. The molecule has 0 aromatic heterocycles. The number of halogens is 3. The summed E-state index contributed by atoms with van der Waals surface area (Å²) in [7, 11) is 0. The van der Waals surface area contributed by atoms with E-state index >= 15 is 0 Å². The first kappa shape index (κ1) is 8.60. The number of carbonyl (C=O) groups is 1. The van der Waals surface area contributed by atoms with Gasteiger partial charge in [0.15, 0.2) is 6.29 Å². The van der Waals surface area contributed by atoms with Gasteiger partial charge in [0.2, 0.25) is 0 Å². The van der Waals surface area contributed by atoms with Gasteiger partial charge in [0.1, 0.15) is 0 Å². The van der Waals surface area contributed by atoms with E-state index in [0.29, 0.717) is 0 Å². The van der Waals surface area contributed by atoms with Crippen LogP contribution in [0.5, 0.6) is 0 Å². The van der Waals surface area contributed by atoms with Gasteiger partial charge in [-0.2, -0.15) is 0 Å². The maximum absolute atomic E-state index is 9.87. The summed E-state index contributed by atoms with van der Waals surface area (Å²) in [5, 5.41) is 0. The molecule has 7 heavy (non-hydrogen) atoms. The van der Waals surface area contributed by atoms with Crippen LogP contribution in [0.1, 0.15) is 0 Å². The maximum atomic E-state index is 9.87. The quantitative estimate of drug-likeness (QED) is 0.353. The summed E-state index contributed by atoms with van der Waals surface area (Å²) in [6, 6.07) is 0. The second kappa shape index (κ2) is 4.48. The number of hydrogen-bond donors (Lipinski definition) is 0. The third-order valence-electron chi connectivity index (χ3n) is 0.284. The van der Waals surface area contributed by atoms with E-state index in [2.05, 4.69) is 45.2 Å². The Kier molecular flexibility index (Phi) is 5.50. The number of hydrogen-bond acceptors (Lipinski definition) is 1. The van der Waals surface area contributed by atoms with Crippen molar-refractivity contribution in [2.24, 2.45) is 0 Å². The molecule has 0 fully saturated rings. The van der Waals surface area contributed by atoms with Crippen LogP contribution < -0.4 is 0 Å².